The molecule has 0 aromatic carbocycles. The van der Waals surface area contributed by atoms with Gasteiger partial charge in [-0.1, -0.05) is 15.9 Å². The molecule has 15 heavy (non-hydrogen) atoms. The topological polar surface area (TPSA) is 79.2 Å². The number of ether oxygens (including phenoxy) is 2. The molecule has 0 aromatic rings. The fraction of sp³-hybridized carbons (Fsp3) is 1.00. The summed E-state index contributed by atoms with van der Waals surface area (Å²) in [6.07, 6.45) is -4.11. The van der Waals surface area contributed by atoms with Crippen LogP contribution in [0.5, 0.6) is 0 Å². The van der Waals surface area contributed by atoms with E-state index in [1.165, 1.54) is 0 Å². The summed E-state index contributed by atoms with van der Waals surface area (Å²) < 4.78 is 10.5. The van der Waals surface area contributed by atoms with Crippen LogP contribution in [-0.4, -0.2) is 58.0 Å². The molecule has 6 heteroatoms. The van der Waals surface area contributed by atoms with Gasteiger partial charge in [-0.3, -0.25) is 0 Å². The Morgan fingerprint density at radius 1 is 1.20 bits per heavy atom. The highest BCUT2D eigenvalue weighted by Gasteiger charge is 2.42. The summed E-state index contributed by atoms with van der Waals surface area (Å²) in [6.45, 7) is 2.06. The molecule has 1 aliphatic heterocycles. The molecular weight excluding hydrogens is 268 g/mol. The lowest BCUT2D eigenvalue weighted by Crippen LogP contribution is -2.57. The van der Waals surface area contributed by atoms with Crippen molar-refractivity contribution in [1.82, 2.24) is 0 Å². The van der Waals surface area contributed by atoms with Crippen molar-refractivity contribution in [2.45, 2.75) is 44.1 Å². The van der Waals surface area contributed by atoms with Gasteiger partial charge < -0.3 is 24.8 Å². The van der Waals surface area contributed by atoms with Gasteiger partial charge in [-0.2, -0.15) is 0 Å². The highest BCUT2D eigenvalue weighted by Crippen LogP contribution is 2.21. The van der Waals surface area contributed by atoms with Crippen molar-refractivity contribution in [3.8, 4) is 0 Å². The standard InChI is InChI=1S/C9H17BrO5/c1-5-6(11)7(12)8(13)9(15-5)14-4-2-3-10/h5-9,11-13H,2-4H2,1H3/t5-,6+,7+,8-,9-/m0/s1. The van der Waals surface area contributed by atoms with Crippen molar-refractivity contribution in [3.63, 3.8) is 0 Å². The van der Waals surface area contributed by atoms with Gasteiger partial charge in [-0.25, -0.2) is 0 Å². The Balaban J connectivity index is 2.43. The second-order valence-corrected chi connectivity index (χ2v) is 4.39. The zero-order chi connectivity index (χ0) is 11.4. The van der Waals surface area contributed by atoms with E-state index in [4.69, 9.17) is 9.47 Å². The lowest BCUT2D eigenvalue weighted by molar-refractivity contribution is -0.292. The molecule has 0 bridgehead atoms. The van der Waals surface area contributed by atoms with Crippen LogP contribution in [0.25, 0.3) is 0 Å². The van der Waals surface area contributed by atoms with Gasteiger partial charge in [-0.05, 0) is 13.3 Å². The van der Waals surface area contributed by atoms with Crippen LogP contribution in [0.1, 0.15) is 13.3 Å². The van der Waals surface area contributed by atoms with Gasteiger partial charge in [0.15, 0.2) is 6.29 Å². The summed E-state index contributed by atoms with van der Waals surface area (Å²) in [5.74, 6) is 0. The molecule has 1 heterocycles. The second-order valence-electron chi connectivity index (χ2n) is 3.59. The largest absolute Gasteiger partial charge is 0.388 e. The minimum Gasteiger partial charge on any atom is -0.388 e. The summed E-state index contributed by atoms with van der Waals surface area (Å²) in [4.78, 5) is 0. The van der Waals surface area contributed by atoms with Crippen LogP contribution < -0.4 is 0 Å². The van der Waals surface area contributed by atoms with Crippen LogP contribution in [-0.2, 0) is 9.47 Å². The minimum absolute atomic E-state index is 0.433. The summed E-state index contributed by atoms with van der Waals surface area (Å²) in [6, 6.07) is 0. The lowest BCUT2D eigenvalue weighted by Gasteiger charge is -2.38. The number of rotatable bonds is 4. The molecule has 0 radical (unpaired) electrons. The van der Waals surface area contributed by atoms with Crippen LogP contribution in [0.15, 0.2) is 0 Å². The monoisotopic (exact) mass is 284 g/mol. The maximum Gasteiger partial charge on any atom is 0.186 e. The predicted octanol–water partition coefficient (Wildman–Crippen LogP) is -0.384. The molecule has 90 valence electrons. The predicted molar refractivity (Wildman–Crippen MR) is 56.7 cm³/mol. The van der Waals surface area contributed by atoms with Gasteiger partial charge in [0.2, 0.25) is 0 Å². The van der Waals surface area contributed by atoms with Gasteiger partial charge in [0.1, 0.15) is 18.3 Å². The molecule has 0 saturated carbocycles. The Bertz CT molecular complexity index is 191. The summed E-state index contributed by atoms with van der Waals surface area (Å²) in [5.41, 5.74) is 0. The molecule has 1 saturated heterocycles. The molecule has 5 nitrogen and oxygen atoms in total. The van der Waals surface area contributed by atoms with E-state index < -0.39 is 30.7 Å². The first kappa shape index (κ1) is 13.3. The van der Waals surface area contributed by atoms with Crippen molar-refractivity contribution >= 4 is 15.9 Å². The highest BCUT2D eigenvalue weighted by atomic mass is 79.9. The highest BCUT2D eigenvalue weighted by molar-refractivity contribution is 9.09. The number of alkyl halides is 1. The maximum absolute atomic E-state index is 9.55. The molecular formula is C9H17BrO5. The first-order valence-corrected chi connectivity index (χ1v) is 6.07. The number of aliphatic hydroxyl groups excluding tert-OH is 3. The van der Waals surface area contributed by atoms with Crippen molar-refractivity contribution < 1.29 is 24.8 Å². The first-order valence-electron chi connectivity index (χ1n) is 4.95. The van der Waals surface area contributed by atoms with E-state index in [1.54, 1.807) is 6.92 Å². The second kappa shape index (κ2) is 6.12. The van der Waals surface area contributed by atoms with Gasteiger partial charge in [0.05, 0.1) is 12.7 Å². The fourth-order valence-corrected chi connectivity index (χ4v) is 1.63. The summed E-state index contributed by atoms with van der Waals surface area (Å²) in [5, 5.41) is 29.2. The van der Waals surface area contributed by atoms with Gasteiger partial charge in [0, 0.05) is 5.33 Å². The Labute approximate surface area is 97.1 Å². The van der Waals surface area contributed by atoms with E-state index >= 15 is 0 Å². The van der Waals surface area contributed by atoms with E-state index in [-0.39, 0.29) is 0 Å². The van der Waals surface area contributed by atoms with Gasteiger partial charge >= 0.3 is 0 Å². The third-order valence-corrected chi connectivity index (χ3v) is 2.93. The Kier molecular flexibility index (Phi) is 5.45. The number of hydrogen-bond acceptors (Lipinski definition) is 5. The normalized spacial score (nSPS) is 41.8. The van der Waals surface area contributed by atoms with Crippen molar-refractivity contribution in [2.75, 3.05) is 11.9 Å². The average molecular weight is 285 g/mol. The van der Waals surface area contributed by atoms with Crippen LogP contribution in [0, 0.1) is 0 Å². The molecule has 0 aromatic heterocycles. The molecule has 1 rings (SSSR count). The molecule has 0 amide bonds. The first-order chi connectivity index (χ1) is 7.07. The number of hydrogen-bond donors (Lipinski definition) is 3. The Hall–Kier alpha value is 0.280. The van der Waals surface area contributed by atoms with Crippen LogP contribution >= 0.6 is 15.9 Å². The third kappa shape index (κ3) is 3.37. The smallest absolute Gasteiger partial charge is 0.186 e. The summed E-state index contributed by atoms with van der Waals surface area (Å²) in [7, 11) is 0. The maximum atomic E-state index is 9.55. The zero-order valence-corrected chi connectivity index (χ0v) is 10.1. The average Bonchev–Trinajstić information content (AvgIpc) is 2.23. The fourth-order valence-electron chi connectivity index (χ4n) is 1.41. The Morgan fingerprint density at radius 3 is 2.47 bits per heavy atom. The van der Waals surface area contributed by atoms with Crippen LogP contribution in [0.2, 0.25) is 0 Å². The van der Waals surface area contributed by atoms with Crippen molar-refractivity contribution in [1.29, 1.82) is 0 Å². The van der Waals surface area contributed by atoms with E-state index in [2.05, 4.69) is 15.9 Å². The zero-order valence-electron chi connectivity index (χ0n) is 8.54. The number of aliphatic hydroxyl groups is 3. The Morgan fingerprint density at radius 2 is 1.87 bits per heavy atom. The molecule has 5 atom stereocenters. The van der Waals surface area contributed by atoms with E-state index in [1.807, 2.05) is 0 Å². The quantitative estimate of drug-likeness (QED) is 0.484. The minimum atomic E-state index is -1.22. The molecule has 1 fully saturated rings. The van der Waals surface area contributed by atoms with Crippen molar-refractivity contribution in [2.24, 2.45) is 0 Å². The van der Waals surface area contributed by atoms with Crippen molar-refractivity contribution in [3.05, 3.63) is 0 Å². The van der Waals surface area contributed by atoms with Gasteiger partial charge in [-0.15, -0.1) is 0 Å². The molecule has 0 spiro atoms. The molecule has 0 aliphatic carbocycles. The SMILES string of the molecule is C[C@@H]1O[C@H](OCCCBr)[C@@H](O)[C@H](O)[C@@H]1O. The summed E-state index contributed by atoms with van der Waals surface area (Å²) >= 11 is 3.25. The van der Waals surface area contributed by atoms with Gasteiger partial charge in [0.25, 0.3) is 0 Å². The van der Waals surface area contributed by atoms with E-state index in [9.17, 15) is 15.3 Å². The lowest BCUT2D eigenvalue weighted by atomic mass is 10.0. The van der Waals surface area contributed by atoms with E-state index in [0.29, 0.717) is 6.61 Å². The third-order valence-electron chi connectivity index (χ3n) is 2.37. The molecule has 3 N–H and O–H groups in total. The van der Waals surface area contributed by atoms with Crippen LogP contribution in [0.4, 0.5) is 0 Å². The molecule has 1 aliphatic rings. The van der Waals surface area contributed by atoms with Crippen LogP contribution in [0.3, 0.4) is 0 Å². The number of halogens is 1. The van der Waals surface area contributed by atoms with E-state index in [0.717, 1.165) is 11.8 Å². The molecule has 0 unspecified atom stereocenters.